The minimum Gasteiger partial charge on any atom is -0.371 e. The Hall–Kier alpha value is -4.22. The molecule has 1 saturated heterocycles. The molecule has 0 aromatic heterocycles. The van der Waals surface area contributed by atoms with Gasteiger partial charge < -0.3 is 20.3 Å². The molecule has 4 aromatic rings. The van der Waals surface area contributed by atoms with E-state index in [1.165, 1.54) is 0 Å². The third-order valence-corrected chi connectivity index (χ3v) is 6.95. The minimum absolute atomic E-state index is 0.123. The van der Waals surface area contributed by atoms with Crippen LogP contribution in [-0.4, -0.2) is 31.3 Å². The number of hydrogen-bond donors (Lipinski definition) is 2. The standard InChI is InChI=1S/C32H31N3O2/c36-23-31(25-11-5-2-6-12-25)33-27-19-21-35(22-20-27)28-17-15-26(16-18-28)34-32(37)30-14-8-7-13-29(30)24-9-3-1-4-10-24/h1-18,23,27,31,33H,19-22H2,(H,34,37). The lowest BCUT2D eigenvalue weighted by atomic mass is 9.99. The van der Waals surface area contributed by atoms with Crippen molar-refractivity contribution in [1.29, 1.82) is 0 Å². The van der Waals surface area contributed by atoms with Crippen molar-refractivity contribution in [3.8, 4) is 11.1 Å². The Labute approximate surface area is 218 Å². The average molecular weight is 490 g/mol. The molecule has 1 amide bonds. The van der Waals surface area contributed by atoms with Crippen LogP contribution < -0.4 is 15.5 Å². The van der Waals surface area contributed by atoms with Gasteiger partial charge in [0.2, 0.25) is 0 Å². The molecule has 0 aliphatic carbocycles. The minimum atomic E-state index is -0.271. The van der Waals surface area contributed by atoms with Crippen LogP contribution in [0.4, 0.5) is 11.4 Å². The molecule has 0 spiro atoms. The summed E-state index contributed by atoms with van der Waals surface area (Å²) in [5.74, 6) is -0.123. The van der Waals surface area contributed by atoms with Gasteiger partial charge in [-0.3, -0.25) is 4.79 Å². The van der Waals surface area contributed by atoms with Gasteiger partial charge in [0.15, 0.2) is 0 Å². The largest absolute Gasteiger partial charge is 0.371 e. The van der Waals surface area contributed by atoms with E-state index < -0.39 is 0 Å². The van der Waals surface area contributed by atoms with Crippen molar-refractivity contribution >= 4 is 23.6 Å². The first-order chi connectivity index (χ1) is 18.2. The maximum atomic E-state index is 13.1. The molecule has 1 aliphatic rings. The Balaban J connectivity index is 1.18. The number of carbonyl (C=O) groups is 2. The topological polar surface area (TPSA) is 61.4 Å². The normalized spacial score (nSPS) is 14.6. The predicted molar refractivity (Wildman–Crippen MR) is 150 cm³/mol. The van der Waals surface area contributed by atoms with Gasteiger partial charge in [-0.15, -0.1) is 0 Å². The van der Waals surface area contributed by atoms with Crippen LogP contribution in [0.3, 0.4) is 0 Å². The molecule has 1 fully saturated rings. The van der Waals surface area contributed by atoms with Crippen molar-refractivity contribution in [1.82, 2.24) is 5.32 Å². The van der Waals surface area contributed by atoms with Gasteiger partial charge in [-0.05, 0) is 59.9 Å². The quantitative estimate of drug-likeness (QED) is 0.294. The molecule has 1 heterocycles. The molecule has 2 N–H and O–H groups in total. The van der Waals surface area contributed by atoms with Gasteiger partial charge >= 0.3 is 0 Å². The van der Waals surface area contributed by atoms with Crippen molar-refractivity contribution in [2.75, 3.05) is 23.3 Å². The lowest BCUT2D eigenvalue weighted by Crippen LogP contribution is -2.44. The van der Waals surface area contributed by atoms with E-state index >= 15 is 0 Å². The molecule has 1 aliphatic heterocycles. The van der Waals surface area contributed by atoms with Crippen molar-refractivity contribution < 1.29 is 9.59 Å². The first-order valence-corrected chi connectivity index (χ1v) is 12.8. The van der Waals surface area contributed by atoms with Crippen molar-refractivity contribution in [2.24, 2.45) is 0 Å². The molecule has 0 bridgehead atoms. The maximum absolute atomic E-state index is 13.1. The molecule has 5 rings (SSSR count). The zero-order valence-electron chi connectivity index (χ0n) is 20.7. The Kier molecular flexibility index (Phi) is 7.72. The van der Waals surface area contributed by atoms with Crippen LogP contribution >= 0.6 is 0 Å². The molecule has 37 heavy (non-hydrogen) atoms. The van der Waals surface area contributed by atoms with Crippen LogP contribution in [-0.2, 0) is 4.79 Å². The Morgan fingerprint density at radius 2 is 1.41 bits per heavy atom. The van der Waals surface area contributed by atoms with Gasteiger partial charge in [-0.2, -0.15) is 0 Å². The van der Waals surface area contributed by atoms with Crippen LogP contribution in [0.2, 0.25) is 0 Å². The molecular weight excluding hydrogens is 458 g/mol. The SMILES string of the molecule is O=CC(NC1CCN(c2ccc(NC(=O)c3ccccc3-c3ccccc3)cc2)CC1)c1ccccc1. The summed E-state index contributed by atoms with van der Waals surface area (Å²) < 4.78 is 0. The van der Waals surface area contributed by atoms with E-state index in [4.69, 9.17) is 0 Å². The first kappa shape index (κ1) is 24.5. The number of nitrogens with zero attached hydrogens (tertiary/aromatic N) is 1. The summed E-state index contributed by atoms with van der Waals surface area (Å²) in [5, 5.41) is 6.56. The molecule has 1 unspecified atom stereocenters. The fraction of sp³-hybridized carbons (Fsp3) is 0.188. The van der Waals surface area contributed by atoms with Gasteiger partial charge in [0.1, 0.15) is 6.29 Å². The summed E-state index contributed by atoms with van der Waals surface area (Å²) in [6.07, 6.45) is 2.92. The molecule has 5 heteroatoms. The zero-order valence-corrected chi connectivity index (χ0v) is 20.7. The third-order valence-electron chi connectivity index (χ3n) is 6.95. The van der Waals surface area contributed by atoms with E-state index in [-0.39, 0.29) is 11.9 Å². The second-order valence-electron chi connectivity index (χ2n) is 9.37. The van der Waals surface area contributed by atoms with Gasteiger partial charge in [-0.1, -0.05) is 78.9 Å². The van der Waals surface area contributed by atoms with Gasteiger partial charge in [0, 0.05) is 36.1 Å². The monoisotopic (exact) mass is 489 g/mol. The third kappa shape index (κ3) is 5.96. The van der Waals surface area contributed by atoms with Crippen LogP contribution in [0.1, 0.15) is 34.8 Å². The zero-order chi connectivity index (χ0) is 25.5. The molecule has 186 valence electrons. The van der Waals surface area contributed by atoms with Crippen LogP contribution in [0.5, 0.6) is 0 Å². The molecule has 0 saturated carbocycles. The Morgan fingerprint density at radius 3 is 2.08 bits per heavy atom. The number of benzene rings is 4. The highest BCUT2D eigenvalue weighted by atomic mass is 16.1. The summed E-state index contributed by atoms with van der Waals surface area (Å²) in [4.78, 5) is 27.1. The highest BCUT2D eigenvalue weighted by Crippen LogP contribution is 2.26. The van der Waals surface area contributed by atoms with Crippen molar-refractivity contribution in [3.05, 3.63) is 120 Å². The number of piperidine rings is 1. The molecule has 4 aromatic carbocycles. The summed E-state index contributed by atoms with van der Waals surface area (Å²) in [5.41, 5.74) is 5.49. The number of rotatable bonds is 8. The highest BCUT2D eigenvalue weighted by molar-refractivity contribution is 6.08. The number of amides is 1. The van der Waals surface area contributed by atoms with E-state index in [2.05, 4.69) is 27.7 Å². The number of carbonyl (C=O) groups excluding carboxylic acids is 2. The highest BCUT2D eigenvalue weighted by Gasteiger charge is 2.22. The van der Waals surface area contributed by atoms with Crippen LogP contribution in [0, 0.1) is 0 Å². The van der Waals surface area contributed by atoms with Crippen molar-refractivity contribution in [3.63, 3.8) is 0 Å². The van der Waals surface area contributed by atoms with Gasteiger partial charge in [0.05, 0.1) is 6.04 Å². The summed E-state index contributed by atoms with van der Waals surface area (Å²) in [6, 6.07) is 35.6. The molecule has 5 nitrogen and oxygen atoms in total. The van der Waals surface area contributed by atoms with E-state index in [1.54, 1.807) is 0 Å². The van der Waals surface area contributed by atoms with E-state index in [1.807, 2.05) is 97.1 Å². The maximum Gasteiger partial charge on any atom is 0.256 e. The average Bonchev–Trinajstić information content (AvgIpc) is 2.97. The molecular formula is C32H31N3O2. The van der Waals surface area contributed by atoms with Crippen LogP contribution in [0.25, 0.3) is 11.1 Å². The van der Waals surface area contributed by atoms with Crippen LogP contribution in [0.15, 0.2) is 109 Å². The second-order valence-corrected chi connectivity index (χ2v) is 9.37. The van der Waals surface area contributed by atoms with Gasteiger partial charge in [-0.25, -0.2) is 0 Å². The second kappa shape index (κ2) is 11.7. The van der Waals surface area contributed by atoms with Crippen molar-refractivity contribution in [2.45, 2.75) is 24.9 Å². The smallest absolute Gasteiger partial charge is 0.256 e. The lowest BCUT2D eigenvalue weighted by molar-refractivity contribution is -0.109. The van der Waals surface area contributed by atoms with E-state index in [9.17, 15) is 9.59 Å². The number of nitrogens with one attached hydrogen (secondary N) is 2. The van der Waals surface area contributed by atoms with E-state index in [0.29, 0.717) is 11.6 Å². The van der Waals surface area contributed by atoms with Gasteiger partial charge in [0.25, 0.3) is 5.91 Å². The summed E-state index contributed by atoms with van der Waals surface area (Å²) in [7, 11) is 0. The fourth-order valence-corrected chi connectivity index (χ4v) is 4.94. The Bertz CT molecular complexity index is 1320. The number of hydrogen-bond acceptors (Lipinski definition) is 4. The number of aldehydes is 1. The number of anilines is 2. The molecule has 0 radical (unpaired) electrons. The summed E-state index contributed by atoms with van der Waals surface area (Å²) >= 11 is 0. The Morgan fingerprint density at radius 1 is 0.784 bits per heavy atom. The predicted octanol–water partition coefficient (Wildman–Crippen LogP) is 6.10. The lowest BCUT2D eigenvalue weighted by Gasteiger charge is -2.35. The summed E-state index contributed by atoms with van der Waals surface area (Å²) in [6.45, 7) is 1.82. The first-order valence-electron chi connectivity index (χ1n) is 12.8. The molecule has 1 atom stereocenters. The fourth-order valence-electron chi connectivity index (χ4n) is 4.94. The van der Waals surface area contributed by atoms with E-state index in [0.717, 1.165) is 60.3 Å².